The van der Waals surface area contributed by atoms with E-state index < -0.39 is 0 Å². The molecule has 0 radical (unpaired) electrons. The normalized spacial score (nSPS) is 11.2. The summed E-state index contributed by atoms with van der Waals surface area (Å²) in [6, 6.07) is 1.88. The van der Waals surface area contributed by atoms with E-state index in [1.807, 2.05) is 23.8 Å². The van der Waals surface area contributed by atoms with Gasteiger partial charge in [0.15, 0.2) is 4.77 Å². The zero-order chi connectivity index (χ0) is 13.4. The molecule has 0 amide bonds. The van der Waals surface area contributed by atoms with Gasteiger partial charge in [0.1, 0.15) is 4.70 Å². The number of aryl methyl sites for hydroxylation is 2. The Morgan fingerprint density at radius 2 is 2.32 bits per heavy atom. The summed E-state index contributed by atoms with van der Waals surface area (Å²) in [5.74, 6) is 0. The first-order valence-corrected chi connectivity index (χ1v) is 7.93. The highest BCUT2D eigenvalue weighted by atomic mass is 32.1. The molecule has 0 aliphatic carbocycles. The number of nitrogens with zero attached hydrogens (tertiary/aromatic N) is 2. The lowest BCUT2D eigenvalue weighted by Crippen LogP contribution is -2.22. The lowest BCUT2D eigenvalue weighted by Gasteiger charge is -2.04. The van der Waals surface area contributed by atoms with Gasteiger partial charge in [-0.25, -0.2) is 4.98 Å². The molecule has 0 unspecified atom stereocenters. The summed E-state index contributed by atoms with van der Waals surface area (Å²) < 4.78 is 2.82. The fraction of sp³-hybridized carbons (Fsp3) is 0.250. The zero-order valence-electron chi connectivity index (χ0n) is 10.2. The minimum absolute atomic E-state index is 0.0120. The van der Waals surface area contributed by atoms with Crippen molar-refractivity contribution in [2.75, 3.05) is 0 Å². The van der Waals surface area contributed by atoms with E-state index in [0.29, 0.717) is 11.3 Å². The maximum absolute atomic E-state index is 12.3. The molecule has 0 fully saturated rings. The molecule has 0 spiro atoms. The first-order chi connectivity index (χ1) is 9.15. The lowest BCUT2D eigenvalue weighted by atomic mass is 10.4. The first-order valence-electron chi connectivity index (χ1n) is 5.76. The van der Waals surface area contributed by atoms with E-state index in [1.54, 1.807) is 15.9 Å². The number of thiophene rings is 1. The number of thiazole rings is 1. The van der Waals surface area contributed by atoms with Gasteiger partial charge in [0, 0.05) is 24.0 Å². The minimum Gasteiger partial charge on any atom is -0.331 e. The predicted octanol–water partition coefficient (Wildman–Crippen LogP) is 3.13. The van der Waals surface area contributed by atoms with Crippen molar-refractivity contribution in [2.24, 2.45) is 0 Å². The molecule has 3 aromatic heterocycles. The van der Waals surface area contributed by atoms with Crippen LogP contribution in [-0.2, 0) is 13.0 Å². The van der Waals surface area contributed by atoms with Crippen molar-refractivity contribution >= 4 is 45.1 Å². The van der Waals surface area contributed by atoms with Crippen LogP contribution in [0.5, 0.6) is 0 Å². The third kappa shape index (κ3) is 2.41. The van der Waals surface area contributed by atoms with Crippen molar-refractivity contribution in [2.45, 2.75) is 19.9 Å². The highest BCUT2D eigenvalue weighted by molar-refractivity contribution is 7.71. The van der Waals surface area contributed by atoms with Gasteiger partial charge in [-0.3, -0.25) is 9.36 Å². The summed E-state index contributed by atoms with van der Waals surface area (Å²) in [5.41, 5.74) is 1.83. The first kappa shape index (κ1) is 12.7. The molecule has 3 heterocycles. The number of H-pyrrole nitrogens is 1. The van der Waals surface area contributed by atoms with Gasteiger partial charge in [0.2, 0.25) is 0 Å². The Labute approximate surface area is 122 Å². The summed E-state index contributed by atoms with van der Waals surface area (Å²) in [7, 11) is 0. The Balaban J connectivity index is 1.96. The molecule has 0 aliphatic rings. The summed E-state index contributed by atoms with van der Waals surface area (Å²) in [5, 5.41) is 4.94. The standard InChI is InChI=1S/C12H11N3OS3/c1-7-6-19-9(13-7)2-4-15-11(16)10-8(3-5-18-10)14-12(15)17/h3,5-6H,2,4H2,1H3,(H,14,17). The monoisotopic (exact) mass is 309 g/mol. The van der Waals surface area contributed by atoms with Crippen LogP contribution in [0.1, 0.15) is 10.7 Å². The van der Waals surface area contributed by atoms with Crippen molar-refractivity contribution in [1.29, 1.82) is 0 Å². The summed E-state index contributed by atoms with van der Waals surface area (Å²) in [6.07, 6.45) is 0.729. The molecular formula is C12H11N3OS3. The van der Waals surface area contributed by atoms with Crippen LogP contribution in [0.15, 0.2) is 21.6 Å². The van der Waals surface area contributed by atoms with Gasteiger partial charge in [-0.05, 0) is 30.6 Å². The van der Waals surface area contributed by atoms with Crippen molar-refractivity contribution in [3.63, 3.8) is 0 Å². The van der Waals surface area contributed by atoms with Gasteiger partial charge in [0.25, 0.3) is 5.56 Å². The van der Waals surface area contributed by atoms with Crippen molar-refractivity contribution < 1.29 is 0 Å². The molecule has 98 valence electrons. The molecule has 19 heavy (non-hydrogen) atoms. The van der Waals surface area contributed by atoms with E-state index in [9.17, 15) is 4.79 Å². The van der Waals surface area contributed by atoms with Gasteiger partial charge < -0.3 is 4.98 Å². The molecule has 7 heteroatoms. The third-order valence-corrected chi connectivity index (χ3v) is 5.06. The van der Waals surface area contributed by atoms with Gasteiger partial charge in [-0.1, -0.05) is 0 Å². The van der Waals surface area contributed by atoms with E-state index >= 15 is 0 Å². The molecule has 0 aromatic carbocycles. The quantitative estimate of drug-likeness (QED) is 0.756. The molecule has 0 aliphatic heterocycles. The van der Waals surface area contributed by atoms with Crippen LogP contribution in [0.3, 0.4) is 0 Å². The Morgan fingerprint density at radius 1 is 1.47 bits per heavy atom. The lowest BCUT2D eigenvalue weighted by molar-refractivity contribution is 0.651. The highest BCUT2D eigenvalue weighted by Gasteiger charge is 2.07. The molecule has 0 bridgehead atoms. The molecule has 3 rings (SSSR count). The van der Waals surface area contributed by atoms with Crippen molar-refractivity contribution in [3.05, 3.63) is 42.7 Å². The Bertz CT molecular complexity index is 840. The second-order valence-corrected chi connectivity index (χ2v) is 6.43. The Morgan fingerprint density at radius 3 is 3.05 bits per heavy atom. The smallest absolute Gasteiger partial charge is 0.272 e. The maximum Gasteiger partial charge on any atom is 0.272 e. The number of rotatable bonds is 3. The van der Waals surface area contributed by atoms with Crippen LogP contribution >= 0.6 is 34.9 Å². The summed E-state index contributed by atoms with van der Waals surface area (Å²) >= 11 is 8.30. The van der Waals surface area contributed by atoms with Gasteiger partial charge in [-0.15, -0.1) is 22.7 Å². The van der Waals surface area contributed by atoms with E-state index in [0.717, 1.165) is 27.3 Å². The second-order valence-electron chi connectivity index (χ2n) is 4.18. The van der Waals surface area contributed by atoms with Crippen LogP contribution < -0.4 is 5.56 Å². The molecule has 4 nitrogen and oxygen atoms in total. The molecule has 0 saturated heterocycles. The average Bonchev–Trinajstić information content (AvgIpc) is 2.98. The second kappa shape index (κ2) is 4.99. The number of fused-ring (bicyclic) bond motifs is 1. The minimum atomic E-state index is -0.0120. The number of aromatic nitrogens is 3. The Kier molecular flexibility index (Phi) is 3.34. The number of nitrogens with one attached hydrogen (secondary N) is 1. The number of hydrogen-bond acceptors (Lipinski definition) is 5. The van der Waals surface area contributed by atoms with E-state index in [4.69, 9.17) is 12.2 Å². The van der Waals surface area contributed by atoms with Crippen LogP contribution in [0.4, 0.5) is 0 Å². The van der Waals surface area contributed by atoms with E-state index in [1.165, 1.54) is 11.3 Å². The fourth-order valence-electron chi connectivity index (χ4n) is 1.90. The summed E-state index contributed by atoms with van der Waals surface area (Å²) in [4.78, 5) is 19.8. The van der Waals surface area contributed by atoms with Crippen LogP contribution in [0, 0.1) is 11.7 Å². The fourth-order valence-corrected chi connectivity index (χ4v) is 3.75. The largest absolute Gasteiger partial charge is 0.331 e. The Hall–Kier alpha value is -1.31. The topological polar surface area (TPSA) is 50.7 Å². The number of hydrogen-bond donors (Lipinski definition) is 1. The van der Waals surface area contributed by atoms with E-state index in [2.05, 4.69) is 9.97 Å². The molecular weight excluding hydrogens is 298 g/mol. The molecule has 0 atom stereocenters. The summed E-state index contributed by atoms with van der Waals surface area (Å²) in [6.45, 7) is 2.53. The molecule has 1 N–H and O–H groups in total. The number of aromatic amines is 1. The van der Waals surface area contributed by atoms with Crippen LogP contribution in [0.25, 0.3) is 10.2 Å². The SMILES string of the molecule is Cc1csc(CCn2c(=S)[nH]c3ccsc3c2=O)n1. The molecule has 3 aromatic rings. The van der Waals surface area contributed by atoms with Crippen LogP contribution in [-0.4, -0.2) is 14.5 Å². The van der Waals surface area contributed by atoms with Gasteiger partial charge in [-0.2, -0.15) is 0 Å². The average molecular weight is 309 g/mol. The van der Waals surface area contributed by atoms with Gasteiger partial charge >= 0.3 is 0 Å². The highest BCUT2D eigenvalue weighted by Crippen LogP contribution is 2.14. The van der Waals surface area contributed by atoms with Gasteiger partial charge in [0.05, 0.1) is 10.5 Å². The zero-order valence-corrected chi connectivity index (χ0v) is 12.6. The third-order valence-electron chi connectivity index (χ3n) is 2.81. The van der Waals surface area contributed by atoms with Crippen LogP contribution in [0.2, 0.25) is 0 Å². The molecule has 0 saturated carbocycles. The predicted molar refractivity (Wildman–Crippen MR) is 81.8 cm³/mol. The van der Waals surface area contributed by atoms with Crippen molar-refractivity contribution in [1.82, 2.24) is 14.5 Å². The van der Waals surface area contributed by atoms with Crippen molar-refractivity contribution in [3.8, 4) is 0 Å². The van der Waals surface area contributed by atoms with E-state index in [-0.39, 0.29) is 5.56 Å². The maximum atomic E-state index is 12.3.